The van der Waals surface area contributed by atoms with Gasteiger partial charge in [0.05, 0.1) is 22.4 Å². The zero-order chi connectivity index (χ0) is 29.8. The van der Waals surface area contributed by atoms with Crippen molar-refractivity contribution in [3.05, 3.63) is 156 Å². The van der Waals surface area contributed by atoms with Crippen LogP contribution in [0.1, 0.15) is 49.9 Å². The Labute approximate surface area is 258 Å². The van der Waals surface area contributed by atoms with Gasteiger partial charge in [0.1, 0.15) is 0 Å². The predicted molar refractivity (Wildman–Crippen MR) is 185 cm³/mol. The summed E-state index contributed by atoms with van der Waals surface area (Å²) in [6.45, 7) is 9.50. The van der Waals surface area contributed by atoms with E-state index in [0.717, 1.165) is 0 Å². The van der Waals surface area contributed by atoms with Crippen molar-refractivity contribution in [2.75, 3.05) is 4.90 Å². The third-order valence-electron chi connectivity index (χ3n) is 10.3. The van der Waals surface area contributed by atoms with E-state index in [1.165, 1.54) is 77.9 Å². The number of rotatable bonds is 2. The van der Waals surface area contributed by atoms with Crippen molar-refractivity contribution in [3.8, 4) is 16.8 Å². The minimum atomic E-state index is -0.175. The number of fused-ring (bicyclic) bond motifs is 8. The number of nitrogens with zero attached hydrogens (tertiary/aromatic N) is 2. The van der Waals surface area contributed by atoms with Crippen LogP contribution in [0.5, 0.6) is 0 Å². The van der Waals surface area contributed by atoms with Crippen molar-refractivity contribution in [2.45, 2.75) is 38.5 Å². The molecule has 2 nitrogen and oxygen atoms in total. The second kappa shape index (κ2) is 8.74. The molecule has 6 aromatic carbocycles. The van der Waals surface area contributed by atoms with Crippen molar-refractivity contribution >= 4 is 38.9 Å². The highest BCUT2D eigenvalue weighted by atomic mass is 15.2. The van der Waals surface area contributed by atoms with E-state index in [0.29, 0.717) is 0 Å². The number of para-hydroxylation sites is 3. The molecule has 1 aliphatic carbocycles. The highest BCUT2D eigenvalue weighted by Gasteiger charge is 2.39. The topological polar surface area (TPSA) is 8.17 Å². The van der Waals surface area contributed by atoms with Crippen molar-refractivity contribution < 1.29 is 0 Å². The van der Waals surface area contributed by atoms with Crippen LogP contribution in [0.4, 0.5) is 17.1 Å². The maximum Gasteiger partial charge on any atom is 0.0545 e. The molecule has 2 aliphatic rings. The Balaban J connectivity index is 1.43. The average molecular weight is 567 g/mol. The Bertz CT molecular complexity index is 2270. The summed E-state index contributed by atoms with van der Waals surface area (Å²) in [5.74, 6) is 0. The van der Waals surface area contributed by atoms with Crippen LogP contribution in [0.15, 0.2) is 133 Å². The van der Waals surface area contributed by atoms with E-state index in [9.17, 15) is 0 Å². The molecular weight excluding hydrogens is 532 g/mol. The molecular formula is C42H34N2. The quantitative estimate of drug-likeness (QED) is 0.202. The molecule has 1 aromatic heterocycles. The van der Waals surface area contributed by atoms with Crippen LogP contribution >= 0.6 is 0 Å². The van der Waals surface area contributed by atoms with Gasteiger partial charge in [-0.05, 0) is 88.0 Å². The molecule has 212 valence electrons. The molecule has 0 fully saturated rings. The summed E-state index contributed by atoms with van der Waals surface area (Å²) in [7, 11) is 0. The Morgan fingerprint density at radius 2 is 0.955 bits per heavy atom. The Hall–Kier alpha value is -5.08. The van der Waals surface area contributed by atoms with Crippen molar-refractivity contribution in [1.29, 1.82) is 0 Å². The molecule has 0 amide bonds. The molecule has 0 saturated carbocycles. The number of benzene rings is 6. The standard InChI is InChI=1S/C42H34N2/c1-41(2)33-20-12-11-19-29(33)30-23-31-32-24-40-36(26-39(32)44(38(31)25-35(30)41)28-17-9-6-10-18-28)42(3,4)34-21-13-14-22-37(34)43(40)27-15-7-5-8-16-27/h5-26H,1-4H3. The van der Waals surface area contributed by atoms with Crippen LogP contribution in [0.3, 0.4) is 0 Å². The molecule has 44 heavy (non-hydrogen) atoms. The number of hydrogen-bond acceptors (Lipinski definition) is 1. The van der Waals surface area contributed by atoms with Gasteiger partial charge >= 0.3 is 0 Å². The number of anilines is 3. The van der Waals surface area contributed by atoms with E-state index in [1.807, 2.05) is 0 Å². The van der Waals surface area contributed by atoms with Crippen LogP contribution in [0, 0.1) is 0 Å². The fourth-order valence-electron chi connectivity index (χ4n) is 8.11. The van der Waals surface area contributed by atoms with Gasteiger partial charge in [0, 0.05) is 33.0 Å². The third-order valence-corrected chi connectivity index (χ3v) is 10.3. The first-order valence-corrected chi connectivity index (χ1v) is 15.6. The van der Waals surface area contributed by atoms with Gasteiger partial charge in [-0.15, -0.1) is 0 Å². The average Bonchev–Trinajstić information content (AvgIpc) is 3.48. The number of hydrogen-bond donors (Lipinski definition) is 0. The Morgan fingerprint density at radius 3 is 1.68 bits per heavy atom. The molecule has 0 bridgehead atoms. The van der Waals surface area contributed by atoms with Gasteiger partial charge in [-0.1, -0.05) is 107 Å². The number of aromatic nitrogens is 1. The molecule has 2 heteroatoms. The molecule has 0 atom stereocenters. The summed E-state index contributed by atoms with van der Waals surface area (Å²) in [6, 6.07) is 49.5. The highest BCUT2D eigenvalue weighted by Crippen LogP contribution is 2.55. The molecule has 0 spiro atoms. The summed E-state index contributed by atoms with van der Waals surface area (Å²) in [5.41, 5.74) is 15.3. The largest absolute Gasteiger partial charge is 0.310 e. The summed E-state index contributed by atoms with van der Waals surface area (Å²) in [6.07, 6.45) is 0. The first-order valence-electron chi connectivity index (χ1n) is 15.6. The normalized spacial score (nSPS) is 15.6. The van der Waals surface area contributed by atoms with Crippen LogP contribution < -0.4 is 4.90 Å². The summed E-state index contributed by atoms with van der Waals surface area (Å²) in [5, 5.41) is 2.58. The highest BCUT2D eigenvalue weighted by molar-refractivity contribution is 6.13. The van der Waals surface area contributed by atoms with Crippen LogP contribution in [-0.2, 0) is 10.8 Å². The fourth-order valence-corrected chi connectivity index (χ4v) is 8.11. The summed E-state index contributed by atoms with van der Waals surface area (Å²) < 4.78 is 2.49. The van der Waals surface area contributed by atoms with E-state index in [1.54, 1.807) is 0 Å². The van der Waals surface area contributed by atoms with E-state index in [4.69, 9.17) is 0 Å². The molecule has 7 aromatic rings. The minimum absolute atomic E-state index is 0.0644. The lowest BCUT2D eigenvalue weighted by Gasteiger charge is -2.42. The Kier molecular flexibility index (Phi) is 5.05. The van der Waals surface area contributed by atoms with Gasteiger partial charge in [0.2, 0.25) is 0 Å². The lowest BCUT2D eigenvalue weighted by atomic mass is 9.73. The minimum Gasteiger partial charge on any atom is -0.310 e. The van der Waals surface area contributed by atoms with Gasteiger partial charge in [-0.25, -0.2) is 0 Å². The lowest BCUT2D eigenvalue weighted by molar-refractivity contribution is 0.632. The molecule has 0 saturated heterocycles. The lowest BCUT2D eigenvalue weighted by Crippen LogP contribution is -2.30. The zero-order valence-electron chi connectivity index (χ0n) is 25.6. The maximum atomic E-state index is 2.49. The molecule has 0 radical (unpaired) electrons. The molecule has 2 heterocycles. The SMILES string of the molecule is CC1(C)c2ccccc2-c2cc3c4cc5c(cc4n(-c4ccccc4)c3cc21)C(C)(C)c1ccccc1N5c1ccccc1. The second-order valence-corrected chi connectivity index (χ2v) is 13.5. The maximum absolute atomic E-state index is 2.49. The first kappa shape index (κ1) is 25.4. The smallest absolute Gasteiger partial charge is 0.0545 e. The van der Waals surface area contributed by atoms with Crippen molar-refractivity contribution in [3.63, 3.8) is 0 Å². The van der Waals surface area contributed by atoms with Crippen LogP contribution in [0.2, 0.25) is 0 Å². The van der Waals surface area contributed by atoms with Gasteiger partial charge in [0.25, 0.3) is 0 Å². The molecule has 1 aliphatic heterocycles. The van der Waals surface area contributed by atoms with Gasteiger partial charge < -0.3 is 9.47 Å². The second-order valence-electron chi connectivity index (χ2n) is 13.5. The van der Waals surface area contributed by atoms with Crippen LogP contribution in [-0.4, -0.2) is 4.57 Å². The van der Waals surface area contributed by atoms with E-state index >= 15 is 0 Å². The van der Waals surface area contributed by atoms with Gasteiger partial charge in [0.15, 0.2) is 0 Å². The van der Waals surface area contributed by atoms with E-state index < -0.39 is 0 Å². The Morgan fingerprint density at radius 1 is 0.409 bits per heavy atom. The first-order chi connectivity index (χ1) is 21.4. The van der Waals surface area contributed by atoms with Crippen LogP contribution in [0.25, 0.3) is 38.6 Å². The molecule has 0 unspecified atom stereocenters. The zero-order valence-corrected chi connectivity index (χ0v) is 25.6. The summed E-state index contributed by atoms with van der Waals surface area (Å²) >= 11 is 0. The van der Waals surface area contributed by atoms with Crippen molar-refractivity contribution in [1.82, 2.24) is 4.57 Å². The molecule has 9 rings (SSSR count). The fraction of sp³-hybridized carbons (Fsp3) is 0.143. The predicted octanol–water partition coefficient (Wildman–Crippen LogP) is 11.2. The van der Waals surface area contributed by atoms with Gasteiger partial charge in [-0.2, -0.15) is 0 Å². The monoisotopic (exact) mass is 566 g/mol. The van der Waals surface area contributed by atoms with Crippen molar-refractivity contribution in [2.24, 2.45) is 0 Å². The van der Waals surface area contributed by atoms with Gasteiger partial charge in [-0.3, -0.25) is 0 Å². The third kappa shape index (κ3) is 3.26. The van der Waals surface area contributed by atoms with E-state index in [2.05, 4.69) is 171 Å². The molecule has 0 N–H and O–H groups in total. The van der Waals surface area contributed by atoms with E-state index in [-0.39, 0.29) is 10.8 Å². The summed E-state index contributed by atoms with van der Waals surface area (Å²) in [4.78, 5) is 2.47.